The third-order valence-corrected chi connectivity index (χ3v) is 5.95. The molecule has 0 saturated heterocycles. The second kappa shape index (κ2) is 8.44. The topological polar surface area (TPSA) is 68.4 Å². The van der Waals surface area contributed by atoms with E-state index in [-0.39, 0.29) is 5.69 Å². The zero-order valence-corrected chi connectivity index (χ0v) is 16.3. The Bertz CT molecular complexity index is 972. The summed E-state index contributed by atoms with van der Waals surface area (Å²) >= 11 is 1.49. The minimum absolute atomic E-state index is 0.0744. The van der Waals surface area contributed by atoms with Crippen LogP contribution in [0.5, 0.6) is 0 Å². The predicted molar refractivity (Wildman–Crippen MR) is 114 cm³/mol. The number of aromatic nitrogens is 1. The first-order chi connectivity index (χ1) is 13.7. The molecule has 28 heavy (non-hydrogen) atoms. The molecule has 4 rings (SSSR count). The molecule has 1 aliphatic rings. The molecule has 1 aromatic heterocycles. The van der Waals surface area contributed by atoms with Crippen molar-refractivity contribution in [2.24, 2.45) is 4.99 Å². The van der Waals surface area contributed by atoms with Gasteiger partial charge in [-0.3, -0.25) is 10.1 Å². The zero-order valence-electron chi connectivity index (χ0n) is 15.5. The molecule has 0 N–H and O–H groups in total. The summed E-state index contributed by atoms with van der Waals surface area (Å²) in [6.07, 6.45) is 8.34. The summed E-state index contributed by atoms with van der Waals surface area (Å²) in [6.45, 7) is 0. The lowest BCUT2D eigenvalue weighted by molar-refractivity contribution is -0.384. The highest BCUT2D eigenvalue weighted by molar-refractivity contribution is 7.13. The highest BCUT2D eigenvalue weighted by Gasteiger charge is 2.15. The van der Waals surface area contributed by atoms with Gasteiger partial charge in [0.2, 0.25) is 5.13 Å². The minimum atomic E-state index is -0.409. The molecule has 0 unspecified atom stereocenters. The SMILES string of the molecule is O=[N+]([O-])c1ccc(C=Nc2nc(-c3ccc(C4CCCCC4)cc3)cs2)cc1. The number of hydrogen-bond donors (Lipinski definition) is 0. The molecule has 0 radical (unpaired) electrons. The van der Waals surface area contributed by atoms with Gasteiger partial charge in [0.25, 0.3) is 5.69 Å². The van der Waals surface area contributed by atoms with Crippen molar-refractivity contribution in [3.05, 3.63) is 75.2 Å². The summed E-state index contributed by atoms with van der Waals surface area (Å²) in [5.74, 6) is 0.708. The van der Waals surface area contributed by atoms with Gasteiger partial charge in [-0.05, 0) is 42.0 Å². The minimum Gasteiger partial charge on any atom is -0.258 e. The standard InChI is InChI=1S/C22H21N3O2S/c26-25(27)20-12-6-16(7-13-20)14-23-22-24-21(15-28-22)19-10-8-18(9-11-19)17-4-2-1-3-5-17/h6-15,17H,1-5H2. The molecule has 0 bridgehead atoms. The molecule has 1 aliphatic carbocycles. The van der Waals surface area contributed by atoms with Gasteiger partial charge in [-0.1, -0.05) is 43.5 Å². The number of benzene rings is 2. The van der Waals surface area contributed by atoms with E-state index in [9.17, 15) is 10.1 Å². The summed E-state index contributed by atoms with van der Waals surface area (Å²) in [5, 5.41) is 13.4. The monoisotopic (exact) mass is 391 g/mol. The average molecular weight is 391 g/mol. The van der Waals surface area contributed by atoms with Crippen molar-refractivity contribution in [1.29, 1.82) is 0 Å². The van der Waals surface area contributed by atoms with Gasteiger partial charge in [-0.15, -0.1) is 11.3 Å². The molecule has 1 saturated carbocycles. The van der Waals surface area contributed by atoms with Crippen LogP contribution in [0.1, 0.15) is 49.1 Å². The van der Waals surface area contributed by atoms with Crippen LogP contribution in [0.2, 0.25) is 0 Å². The predicted octanol–water partition coefficient (Wildman–Crippen LogP) is 6.52. The molecule has 0 spiro atoms. The molecule has 0 aliphatic heterocycles. The van der Waals surface area contributed by atoms with Crippen LogP contribution in [0.4, 0.5) is 10.8 Å². The summed E-state index contributed by atoms with van der Waals surface area (Å²) < 4.78 is 0. The van der Waals surface area contributed by atoms with Crippen LogP contribution >= 0.6 is 11.3 Å². The molecule has 2 aromatic carbocycles. The van der Waals surface area contributed by atoms with Crippen molar-refractivity contribution in [2.45, 2.75) is 38.0 Å². The smallest absolute Gasteiger partial charge is 0.258 e. The normalized spacial score (nSPS) is 15.1. The Morgan fingerprint density at radius 1 is 1.04 bits per heavy atom. The Labute approximate surface area is 168 Å². The summed E-state index contributed by atoms with van der Waals surface area (Å²) in [7, 11) is 0. The number of nitro groups is 1. The first kappa shape index (κ1) is 18.5. The molecular formula is C22H21N3O2S. The van der Waals surface area contributed by atoms with Gasteiger partial charge < -0.3 is 0 Å². The van der Waals surface area contributed by atoms with E-state index in [2.05, 4.69) is 34.2 Å². The first-order valence-electron chi connectivity index (χ1n) is 9.53. The number of nitro benzene ring substituents is 1. The molecule has 0 amide bonds. The van der Waals surface area contributed by atoms with Crippen LogP contribution in [0, 0.1) is 10.1 Å². The van der Waals surface area contributed by atoms with Gasteiger partial charge in [-0.25, -0.2) is 9.98 Å². The fraction of sp³-hybridized carbons (Fsp3) is 0.273. The fourth-order valence-electron chi connectivity index (χ4n) is 3.63. The van der Waals surface area contributed by atoms with Crippen molar-refractivity contribution in [3.8, 4) is 11.3 Å². The second-order valence-electron chi connectivity index (χ2n) is 7.08. The van der Waals surface area contributed by atoms with Gasteiger partial charge in [0, 0.05) is 29.3 Å². The second-order valence-corrected chi connectivity index (χ2v) is 7.92. The summed E-state index contributed by atoms with van der Waals surface area (Å²) in [6, 6.07) is 15.1. The Morgan fingerprint density at radius 2 is 1.75 bits per heavy atom. The van der Waals surface area contributed by atoms with Crippen LogP contribution in [-0.2, 0) is 0 Å². The molecule has 1 heterocycles. The van der Waals surface area contributed by atoms with Gasteiger partial charge in [-0.2, -0.15) is 0 Å². The summed E-state index contributed by atoms with van der Waals surface area (Å²) in [5.41, 5.74) is 4.35. The Morgan fingerprint density at radius 3 is 2.43 bits per heavy atom. The zero-order chi connectivity index (χ0) is 19.3. The van der Waals surface area contributed by atoms with Crippen molar-refractivity contribution in [1.82, 2.24) is 4.98 Å². The van der Waals surface area contributed by atoms with Crippen molar-refractivity contribution in [2.75, 3.05) is 0 Å². The van der Waals surface area contributed by atoms with Crippen molar-refractivity contribution < 1.29 is 4.92 Å². The van der Waals surface area contributed by atoms with Gasteiger partial charge >= 0.3 is 0 Å². The Kier molecular flexibility index (Phi) is 5.58. The molecule has 142 valence electrons. The highest BCUT2D eigenvalue weighted by atomic mass is 32.1. The molecule has 5 nitrogen and oxygen atoms in total. The quantitative estimate of drug-likeness (QED) is 0.282. The van der Waals surface area contributed by atoms with Gasteiger partial charge in [0.05, 0.1) is 10.6 Å². The lowest BCUT2D eigenvalue weighted by atomic mass is 9.84. The average Bonchev–Trinajstić information content (AvgIpc) is 3.22. The molecule has 1 fully saturated rings. The number of hydrogen-bond acceptors (Lipinski definition) is 5. The number of aliphatic imine (C=N–C) groups is 1. The fourth-order valence-corrected chi connectivity index (χ4v) is 4.30. The number of rotatable bonds is 5. The maximum absolute atomic E-state index is 10.7. The third-order valence-electron chi connectivity index (χ3n) is 5.20. The molecule has 3 aromatic rings. The maximum atomic E-state index is 10.7. The van der Waals surface area contributed by atoms with E-state index in [4.69, 9.17) is 0 Å². The number of non-ortho nitro benzene ring substituents is 1. The van der Waals surface area contributed by atoms with E-state index in [1.807, 2.05) is 5.38 Å². The molecule has 6 heteroatoms. The Hall–Kier alpha value is -2.86. The van der Waals surface area contributed by atoms with E-state index in [1.54, 1.807) is 18.3 Å². The number of thiazole rings is 1. The van der Waals surface area contributed by atoms with E-state index < -0.39 is 4.92 Å². The lowest BCUT2D eigenvalue weighted by Gasteiger charge is -2.22. The van der Waals surface area contributed by atoms with E-state index in [1.165, 1.54) is 61.1 Å². The molecule has 0 atom stereocenters. The van der Waals surface area contributed by atoms with Crippen LogP contribution in [-0.4, -0.2) is 16.1 Å². The van der Waals surface area contributed by atoms with Crippen LogP contribution in [0.3, 0.4) is 0 Å². The lowest BCUT2D eigenvalue weighted by Crippen LogP contribution is -2.04. The van der Waals surface area contributed by atoms with E-state index in [0.717, 1.165) is 16.8 Å². The number of nitrogens with zero attached hydrogens (tertiary/aromatic N) is 3. The van der Waals surface area contributed by atoms with Gasteiger partial charge in [0.1, 0.15) is 0 Å². The van der Waals surface area contributed by atoms with Crippen LogP contribution < -0.4 is 0 Å². The van der Waals surface area contributed by atoms with Gasteiger partial charge in [0.15, 0.2) is 0 Å². The van der Waals surface area contributed by atoms with E-state index >= 15 is 0 Å². The largest absolute Gasteiger partial charge is 0.269 e. The van der Waals surface area contributed by atoms with Crippen molar-refractivity contribution in [3.63, 3.8) is 0 Å². The third kappa shape index (κ3) is 4.34. The first-order valence-corrected chi connectivity index (χ1v) is 10.4. The van der Waals surface area contributed by atoms with Crippen LogP contribution in [0.15, 0.2) is 58.9 Å². The Balaban J connectivity index is 1.44. The molecular weight excluding hydrogens is 370 g/mol. The summed E-state index contributed by atoms with van der Waals surface area (Å²) in [4.78, 5) is 19.3. The highest BCUT2D eigenvalue weighted by Crippen LogP contribution is 2.34. The van der Waals surface area contributed by atoms with E-state index in [0.29, 0.717) is 11.0 Å². The van der Waals surface area contributed by atoms with Crippen LogP contribution in [0.25, 0.3) is 11.3 Å². The van der Waals surface area contributed by atoms with Crippen molar-refractivity contribution >= 4 is 28.4 Å². The maximum Gasteiger partial charge on any atom is 0.269 e.